The standard InChI is InChI=1S/C11H15N3O/c1-2-14-7-10(15)13-9-5-3-4-8(6-12)11(9)14/h3-5H,2,6-7,12H2,1H3,(H,13,15). The Kier molecular flexibility index (Phi) is 2.60. The minimum absolute atomic E-state index is 0.0403. The van der Waals surface area contributed by atoms with Crippen LogP contribution < -0.4 is 16.0 Å². The summed E-state index contributed by atoms with van der Waals surface area (Å²) in [6, 6.07) is 5.83. The van der Waals surface area contributed by atoms with E-state index in [0.29, 0.717) is 13.1 Å². The molecule has 2 rings (SSSR count). The number of nitrogens with one attached hydrogen (secondary N) is 1. The molecule has 1 aromatic rings. The average Bonchev–Trinajstić information content (AvgIpc) is 2.26. The second kappa shape index (κ2) is 3.90. The fourth-order valence-electron chi connectivity index (χ4n) is 1.94. The highest BCUT2D eigenvalue weighted by atomic mass is 16.2. The molecule has 0 atom stereocenters. The molecule has 1 amide bonds. The van der Waals surface area contributed by atoms with Gasteiger partial charge < -0.3 is 16.0 Å². The fraction of sp³-hybridized carbons (Fsp3) is 0.364. The Balaban J connectivity index is 2.51. The van der Waals surface area contributed by atoms with Gasteiger partial charge in [0.2, 0.25) is 5.91 Å². The zero-order valence-electron chi connectivity index (χ0n) is 8.79. The van der Waals surface area contributed by atoms with Gasteiger partial charge in [-0.3, -0.25) is 4.79 Å². The predicted octanol–water partition coefficient (Wildman–Crippen LogP) is 0.924. The van der Waals surface area contributed by atoms with Crippen LogP contribution in [0, 0.1) is 0 Å². The van der Waals surface area contributed by atoms with Crippen LogP contribution in [0.2, 0.25) is 0 Å². The number of nitrogens with zero attached hydrogens (tertiary/aromatic N) is 1. The van der Waals surface area contributed by atoms with E-state index in [-0.39, 0.29) is 5.91 Å². The third-order valence-corrected chi connectivity index (χ3v) is 2.65. The van der Waals surface area contributed by atoms with Gasteiger partial charge in [-0.2, -0.15) is 0 Å². The molecule has 0 saturated heterocycles. The summed E-state index contributed by atoms with van der Waals surface area (Å²) in [6.45, 7) is 3.77. The van der Waals surface area contributed by atoms with Crippen molar-refractivity contribution >= 4 is 17.3 Å². The second-order valence-electron chi connectivity index (χ2n) is 3.58. The van der Waals surface area contributed by atoms with E-state index in [9.17, 15) is 4.79 Å². The Morgan fingerprint density at radius 2 is 2.33 bits per heavy atom. The third kappa shape index (κ3) is 1.68. The van der Waals surface area contributed by atoms with Crippen molar-refractivity contribution < 1.29 is 4.79 Å². The molecule has 0 unspecified atom stereocenters. The summed E-state index contributed by atoms with van der Waals surface area (Å²) in [7, 11) is 0. The highest BCUT2D eigenvalue weighted by Crippen LogP contribution is 2.32. The Labute approximate surface area is 89.1 Å². The van der Waals surface area contributed by atoms with Crippen molar-refractivity contribution in [1.82, 2.24) is 0 Å². The molecule has 1 heterocycles. The first kappa shape index (κ1) is 9.98. The van der Waals surface area contributed by atoms with Crippen LogP contribution in [-0.4, -0.2) is 19.0 Å². The number of para-hydroxylation sites is 1. The van der Waals surface area contributed by atoms with Crippen LogP contribution in [0.15, 0.2) is 18.2 Å². The van der Waals surface area contributed by atoms with Crippen molar-refractivity contribution in [3.8, 4) is 0 Å². The highest BCUT2D eigenvalue weighted by molar-refractivity contribution is 6.01. The summed E-state index contributed by atoms with van der Waals surface area (Å²) in [6.07, 6.45) is 0. The molecular formula is C11H15N3O. The normalized spacial score (nSPS) is 14.8. The van der Waals surface area contributed by atoms with Gasteiger partial charge in [0.05, 0.1) is 17.9 Å². The van der Waals surface area contributed by atoms with Crippen molar-refractivity contribution in [2.75, 3.05) is 23.3 Å². The van der Waals surface area contributed by atoms with Crippen molar-refractivity contribution in [3.63, 3.8) is 0 Å². The highest BCUT2D eigenvalue weighted by Gasteiger charge is 2.22. The molecule has 1 aliphatic rings. The Hall–Kier alpha value is -1.55. The maximum Gasteiger partial charge on any atom is 0.243 e. The van der Waals surface area contributed by atoms with Gasteiger partial charge in [0.15, 0.2) is 0 Å². The molecule has 0 aliphatic carbocycles. The van der Waals surface area contributed by atoms with Crippen LogP contribution in [0.25, 0.3) is 0 Å². The first-order chi connectivity index (χ1) is 7.26. The van der Waals surface area contributed by atoms with E-state index in [1.54, 1.807) is 0 Å². The molecule has 0 fully saturated rings. The van der Waals surface area contributed by atoms with Gasteiger partial charge in [0, 0.05) is 13.1 Å². The van der Waals surface area contributed by atoms with Gasteiger partial charge in [-0.05, 0) is 18.6 Å². The quantitative estimate of drug-likeness (QED) is 0.755. The molecule has 4 heteroatoms. The maximum absolute atomic E-state index is 11.4. The summed E-state index contributed by atoms with van der Waals surface area (Å²) in [5.41, 5.74) is 8.71. The lowest BCUT2D eigenvalue weighted by Gasteiger charge is -2.31. The first-order valence-electron chi connectivity index (χ1n) is 5.13. The number of likely N-dealkylation sites (N-methyl/N-ethyl adjacent to an activating group) is 1. The number of amides is 1. The predicted molar refractivity (Wildman–Crippen MR) is 60.9 cm³/mol. The van der Waals surface area contributed by atoms with Crippen molar-refractivity contribution in [2.24, 2.45) is 5.73 Å². The molecule has 3 N–H and O–H groups in total. The Bertz CT molecular complexity index is 389. The van der Waals surface area contributed by atoms with Crippen LogP contribution in [0.5, 0.6) is 0 Å². The molecule has 0 bridgehead atoms. The van der Waals surface area contributed by atoms with Crippen LogP contribution >= 0.6 is 0 Å². The van der Waals surface area contributed by atoms with Gasteiger partial charge in [0.1, 0.15) is 0 Å². The van der Waals surface area contributed by atoms with Gasteiger partial charge in [-0.15, -0.1) is 0 Å². The average molecular weight is 205 g/mol. The van der Waals surface area contributed by atoms with Crippen LogP contribution in [0.3, 0.4) is 0 Å². The number of carbonyl (C=O) groups is 1. The molecule has 0 radical (unpaired) electrons. The van der Waals surface area contributed by atoms with Gasteiger partial charge >= 0.3 is 0 Å². The smallest absolute Gasteiger partial charge is 0.243 e. The lowest BCUT2D eigenvalue weighted by atomic mass is 10.1. The summed E-state index contributed by atoms with van der Waals surface area (Å²) >= 11 is 0. The van der Waals surface area contributed by atoms with E-state index in [0.717, 1.165) is 23.5 Å². The zero-order valence-corrected chi connectivity index (χ0v) is 8.79. The van der Waals surface area contributed by atoms with E-state index in [4.69, 9.17) is 5.73 Å². The van der Waals surface area contributed by atoms with Gasteiger partial charge in [-0.1, -0.05) is 12.1 Å². The maximum atomic E-state index is 11.4. The summed E-state index contributed by atoms with van der Waals surface area (Å²) in [5, 5.41) is 2.86. The Morgan fingerprint density at radius 1 is 1.53 bits per heavy atom. The lowest BCUT2D eigenvalue weighted by Crippen LogP contribution is -2.38. The molecule has 4 nitrogen and oxygen atoms in total. The van der Waals surface area contributed by atoms with E-state index >= 15 is 0 Å². The number of fused-ring (bicyclic) bond motifs is 1. The summed E-state index contributed by atoms with van der Waals surface area (Å²) in [4.78, 5) is 13.5. The van der Waals surface area contributed by atoms with Crippen molar-refractivity contribution in [2.45, 2.75) is 13.5 Å². The van der Waals surface area contributed by atoms with E-state index in [1.807, 2.05) is 25.1 Å². The van der Waals surface area contributed by atoms with Crippen molar-refractivity contribution in [3.05, 3.63) is 23.8 Å². The molecule has 80 valence electrons. The van der Waals surface area contributed by atoms with Crippen LogP contribution in [0.1, 0.15) is 12.5 Å². The minimum atomic E-state index is 0.0403. The molecular weight excluding hydrogens is 190 g/mol. The number of nitrogens with two attached hydrogens (primary N) is 1. The van der Waals surface area contributed by atoms with Crippen molar-refractivity contribution in [1.29, 1.82) is 0 Å². The van der Waals surface area contributed by atoms with E-state index < -0.39 is 0 Å². The molecule has 0 spiro atoms. The molecule has 0 aromatic heterocycles. The van der Waals surface area contributed by atoms with Crippen LogP contribution in [0.4, 0.5) is 11.4 Å². The van der Waals surface area contributed by atoms with E-state index in [1.165, 1.54) is 0 Å². The molecule has 1 aromatic carbocycles. The number of carbonyl (C=O) groups excluding carboxylic acids is 1. The summed E-state index contributed by atoms with van der Waals surface area (Å²) < 4.78 is 0. The van der Waals surface area contributed by atoms with E-state index in [2.05, 4.69) is 10.2 Å². The molecule has 1 aliphatic heterocycles. The number of rotatable bonds is 2. The first-order valence-corrected chi connectivity index (χ1v) is 5.13. The Morgan fingerprint density at radius 3 is 3.00 bits per heavy atom. The fourth-order valence-corrected chi connectivity index (χ4v) is 1.94. The van der Waals surface area contributed by atoms with Gasteiger partial charge in [-0.25, -0.2) is 0 Å². The number of anilines is 2. The largest absolute Gasteiger partial charge is 0.361 e. The minimum Gasteiger partial charge on any atom is -0.361 e. The van der Waals surface area contributed by atoms with Gasteiger partial charge in [0.25, 0.3) is 0 Å². The molecule has 15 heavy (non-hydrogen) atoms. The topological polar surface area (TPSA) is 58.4 Å². The second-order valence-corrected chi connectivity index (χ2v) is 3.58. The number of benzene rings is 1. The number of hydrogen-bond acceptors (Lipinski definition) is 3. The van der Waals surface area contributed by atoms with Crippen LogP contribution in [-0.2, 0) is 11.3 Å². The number of hydrogen-bond donors (Lipinski definition) is 2. The summed E-state index contributed by atoms with van der Waals surface area (Å²) in [5.74, 6) is 0.0403. The lowest BCUT2D eigenvalue weighted by molar-refractivity contribution is -0.115. The third-order valence-electron chi connectivity index (χ3n) is 2.65. The molecule has 0 saturated carbocycles. The zero-order chi connectivity index (χ0) is 10.8. The SMILES string of the molecule is CCN1CC(=O)Nc2cccc(CN)c21. The monoisotopic (exact) mass is 205 g/mol.